The second-order valence-corrected chi connectivity index (χ2v) is 24.7. The first-order chi connectivity index (χ1) is 38.8. The van der Waals surface area contributed by atoms with Gasteiger partial charge in [0.1, 0.15) is 27.6 Å². The van der Waals surface area contributed by atoms with Crippen LogP contribution < -0.4 is 29.1 Å². The number of carbonyl (C=O) groups excluding carboxylic acids is 1. The van der Waals surface area contributed by atoms with E-state index in [1.54, 1.807) is 26.2 Å². The number of aromatic amines is 1. The highest BCUT2D eigenvalue weighted by atomic mass is 32.2. The fourth-order valence-corrected chi connectivity index (χ4v) is 13.6. The average Bonchev–Trinajstić information content (AvgIpc) is 4.08. The van der Waals surface area contributed by atoms with Crippen molar-refractivity contribution in [2.45, 2.75) is 114 Å². The van der Waals surface area contributed by atoms with Crippen molar-refractivity contribution in [1.29, 1.82) is 0 Å². The van der Waals surface area contributed by atoms with Crippen molar-refractivity contribution in [3.8, 4) is 23.1 Å². The van der Waals surface area contributed by atoms with Crippen molar-refractivity contribution in [2.75, 3.05) is 63.7 Å². The Balaban J connectivity index is 0.806. The molecule has 6 heterocycles. The quantitative estimate of drug-likeness (QED) is 0.0489. The van der Waals surface area contributed by atoms with Gasteiger partial charge in [-0.25, -0.2) is 27.5 Å². The minimum atomic E-state index is -4.76. The molecule has 1 spiro atoms. The van der Waals surface area contributed by atoms with E-state index in [2.05, 4.69) is 83.9 Å². The maximum Gasteiger partial charge on any atom is 0.312 e. The molecule has 0 unspecified atom stereocenters. The van der Waals surface area contributed by atoms with E-state index in [1.807, 2.05) is 13.0 Å². The van der Waals surface area contributed by atoms with E-state index in [-0.39, 0.29) is 57.2 Å². The lowest BCUT2D eigenvalue weighted by atomic mass is 9.59. The second kappa shape index (κ2) is 22.2. The molecule has 22 heteroatoms. The van der Waals surface area contributed by atoms with Crippen LogP contribution in [0.4, 0.5) is 21.6 Å². The largest absolute Gasteiger partial charge is 0.493 e. The lowest BCUT2D eigenvalue weighted by molar-refractivity contribution is -0.384. The van der Waals surface area contributed by atoms with Crippen LogP contribution in [0.3, 0.4) is 0 Å². The van der Waals surface area contributed by atoms with E-state index in [0.29, 0.717) is 80.2 Å². The smallest absolute Gasteiger partial charge is 0.312 e. The number of nitro groups is 1. The van der Waals surface area contributed by atoms with Crippen LogP contribution in [-0.2, 0) is 16.6 Å². The molecule has 0 bridgehead atoms. The van der Waals surface area contributed by atoms with E-state index in [9.17, 15) is 32.8 Å². The molecule has 2 saturated carbocycles. The van der Waals surface area contributed by atoms with Crippen LogP contribution in [0.15, 0.2) is 88.4 Å². The lowest BCUT2D eigenvalue weighted by Gasteiger charge is -2.58. The number of benzene rings is 3. The van der Waals surface area contributed by atoms with Crippen LogP contribution in [0.1, 0.15) is 117 Å². The SMILES string of the molecule is COc1nc2[nH]cc(F)c2cc1Oc1cc(N2CCC3(CC2)CC(N2CCN(Cc4ccc(OC)c5oc(C)nc45)C[C@H]2c2ccccc2C(C)C)C3)ccc1C(=O)NS(=O)(=O)c1cnc(NCC2CCC(C)(O)CC2)c([N+](=O)[O-])c1. The van der Waals surface area contributed by atoms with Crippen molar-refractivity contribution < 1.29 is 46.3 Å². The monoisotopic (exact) mass is 1130 g/mol. The number of aliphatic hydroxyl groups is 1. The highest BCUT2D eigenvalue weighted by Gasteiger charge is 2.50. The number of nitrogens with one attached hydrogen (secondary N) is 3. The molecule has 1 atom stereocenters. The maximum atomic E-state index is 15.0. The zero-order valence-corrected chi connectivity index (χ0v) is 47.3. The number of hydrogen-bond acceptors (Lipinski definition) is 17. The van der Waals surface area contributed by atoms with Crippen molar-refractivity contribution in [3.05, 3.63) is 123 Å². The zero-order chi connectivity index (χ0) is 57.0. The molecule has 428 valence electrons. The van der Waals surface area contributed by atoms with E-state index in [0.717, 1.165) is 81.4 Å². The fraction of sp³-hybridized carbons (Fsp3) is 0.458. The number of pyridine rings is 2. The number of halogens is 1. The molecule has 1 amide bonds. The maximum absolute atomic E-state index is 15.0. The first kappa shape index (κ1) is 55.5. The van der Waals surface area contributed by atoms with Gasteiger partial charge in [-0.3, -0.25) is 24.7 Å². The Labute approximate surface area is 469 Å². The molecule has 4 aromatic heterocycles. The third kappa shape index (κ3) is 11.3. The minimum Gasteiger partial charge on any atom is -0.493 e. The Bertz CT molecular complexity index is 3620. The van der Waals surface area contributed by atoms with Crippen LogP contribution in [-0.4, -0.2) is 119 Å². The van der Waals surface area contributed by atoms with Crippen molar-refractivity contribution in [1.82, 2.24) is 34.5 Å². The number of piperazine rings is 1. The number of sulfonamides is 1. The van der Waals surface area contributed by atoms with E-state index in [1.165, 1.54) is 30.4 Å². The highest BCUT2D eigenvalue weighted by molar-refractivity contribution is 7.90. The standard InChI is InChI=1S/C59H69FN10O10S/c1-35(2)42-9-7-8-10-43(42)48-34-67(33-38-11-14-49(77-5)53-52(38)64-36(3)79-53)23-24-69(48)40-28-59(29-40)19-21-68(22-20-59)39-12-13-44(50(25-39)80-51-27-45-46(60)32-63-54(45)65-57(51)78-6)56(71)66-81(75,76)41-26-47(70(73)74)55(62-31-41)61-30-37-15-17-58(4,72)18-16-37/h7-14,25-27,31-32,35,37,40,48,72H,15-24,28-30,33-34H2,1-6H3,(H,61,62)(H,63,65)(H,66,71)/t37?,48-,58?/m0/s1. The van der Waals surface area contributed by atoms with Crippen molar-refractivity contribution in [3.63, 3.8) is 0 Å². The molecule has 81 heavy (non-hydrogen) atoms. The summed E-state index contributed by atoms with van der Waals surface area (Å²) in [7, 11) is -1.74. The third-order valence-corrected chi connectivity index (χ3v) is 18.6. The summed E-state index contributed by atoms with van der Waals surface area (Å²) in [6, 6.07) is 20.6. The fourth-order valence-electron chi connectivity index (χ4n) is 12.7. The number of fused-ring (bicyclic) bond motifs is 2. The number of H-pyrrole nitrogens is 1. The molecule has 2 aliphatic carbocycles. The molecule has 3 aromatic carbocycles. The summed E-state index contributed by atoms with van der Waals surface area (Å²) in [5, 5.41) is 25.7. The topological polar surface area (TPSA) is 244 Å². The molecule has 0 radical (unpaired) electrons. The number of ether oxygens (including phenoxy) is 3. The van der Waals surface area contributed by atoms with Gasteiger partial charge >= 0.3 is 5.69 Å². The summed E-state index contributed by atoms with van der Waals surface area (Å²) in [5.41, 5.74) is 4.87. The van der Waals surface area contributed by atoms with Gasteiger partial charge in [0.2, 0.25) is 5.82 Å². The normalized spacial score (nSPS) is 20.9. The number of nitrogens with zero attached hydrogens (tertiary/aromatic N) is 7. The van der Waals surface area contributed by atoms with Crippen molar-refractivity contribution in [2.24, 2.45) is 11.3 Å². The molecular formula is C59H69FN10O10S. The Kier molecular flexibility index (Phi) is 15.2. The zero-order valence-electron chi connectivity index (χ0n) is 46.5. The third-order valence-electron chi connectivity index (χ3n) is 17.3. The summed E-state index contributed by atoms with van der Waals surface area (Å²) in [6.45, 7) is 13.4. The molecule has 2 aliphatic heterocycles. The number of amides is 1. The summed E-state index contributed by atoms with van der Waals surface area (Å²) in [5.74, 6) is -0.162. The minimum absolute atomic E-state index is 0.0210. The second-order valence-electron chi connectivity index (χ2n) is 23.0. The first-order valence-corrected chi connectivity index (χ1v) is 29.2. The Hall–Kier alpha value is -7.40. The number of methoxy groups -OCH3 is 2. The highest BCUT2D eigenvalue weighted by Crippen LogP contribution is 2.54. The lowest BCUT2D eigenvalue weighted by Crippen LogP contribution is -2.60. The van der Waals surface area contributed by atoms with Gasteiger partial charge in [0.25, 0.3) is 21.8 Å². The van der Waals surface area contributed by atoms with Crippen molar-refractivity contribution >= 4 is 55.3 Å². The number of aromatic nitrogens is 4. The number of carbonyl (C=O) groups is 1. The number of aryl methyl sites for hydroxylation is 1. The average molecular weight is 1130 g/mol. The van der Waals surface area contributed by atoms with Gasteiger partial charge in [0.05, 0.1) is 41.9 Å². The van der Waals surface area contributed by atoms with Crippen LogP contribution in [0.5, 0.6) is 23.1 Å². The number of hydrogen-bond donors (Lipinski definition) is 4. The van der Waals surface area contributed by atoms with Crippen LogP contribution >= 0.6 is 0 Å². The van der Waals surface area contributed by atoms with E-state index in [4.69, 9.17) is 23.6 Å². The number of rotatable bonds is 17. The van der Waals surface area contributed by atoms with Gasteiger partial charge in [-0.05, 0) is 110 Å². The molecule has 4 fully saturated rings. The van der Waals surface area contributed by atoms with Gasteiger partial charge < -0.3 is 38.9 Å². The summed E-state index contributed by atoms with van der Waals surface area (Å²) < 4.78 is 68.4. The number of piperidine rings is 1. The Morgan fingerprint density at radius 2 is 1.74 bits per heavy atom. The molecule has 4 aliphatic rings. The Morgan fingerprint density at radius 1 is 0.975 bits per heavy atom. The van der Waals surface area contributed by atoms with Crippen LogP contribution in [0.2, 0.25) is 0 Å². The van der Waals surface area contributed by atoms with Gasteiger partial charge in [0, 0.05) is 94.9 Å². The Morgan fingerprint density at radius 3 is 2.47 bits per heavy atom. The molecule has 4 N–H and O–H groups in total. The first-order valence-electron chi connectivity index (χ1n) is 27.8. The summed E-state index contributed by atoms with van der Waals surface area (Å²) in [4.78, 5) is 48.7. The van der Waals surface area contributed by atoms with Crippen LogP contribution in [0.25, 0.3) is 22.1 Å². The predicted octanol–water partition coefficient (Wildman–Crippen LogP) is 10.2. The van der Waals surface area contributed by atoms with Gasteiger partial charge in [0.15, 0.2) is 23.0 Å². The van der Waals surface area contributed by atoms with Crippen LogP contribution in [0, 0.1) is 34.2 Å². The molecule has 7 aromatic rings. The number of oxazole rings is 1. The van der Waals surface area contributed by atoms with Gasteiger partial charge in [-0.1, -0.05) is 44.2 Å². The van der Waals surface area contributed by atoms with E-state index >= 15 is 0 Å². The van der Waals surface area contributed by atoms with Gasteiger partial charge in [-0.15, -0.1) is 0 Å². The molecule has 20 nitrogen and oxygen atoms in total. The summed E-state index contributed by atoms with van der Waals surface area (Å²) >= 11 is 0. The van der Waals surface area contributed by atoms with Gasteiger partial charge in [-0.2, -0.15) is 4.98 Å². The van der Waals surface area contributed by atoms with E-state index < -0.39 is 42.9 Å². The number of anilines is 2. The molecule has 2 saturated heterocycles. The summed E-state index contributed by atoms with van der Waals surface area (Å²) in [6.07, 6.45) is 8.67. The predicted molar refractivity (Wildman–Crippen MR) is 303 cm³/mol. The molecule has 11 rings (SSSR count). The molecular weight excluding hydrogens is 1060 g/mol.